The maximum Gasteiger partial charge on any atom is 0.269 e. The maximum absolute atomic E-state index is 10.7. The molecule has 0 aliphatic rings. The summed E-state index contributed by atoms with van der Waals surface area (Å²) >= 11 is 6.34. The summed E-state index contributed by atoms with van der Waals surface area (Å²) in [5.41, 5.74) is 1.67. The molecule has 2 N–H and O–H groups in total. The van der Waals surface area contributed by atoms with E-state index in [1.54, 1.807) is 31.4 Å². The Labute approximate surface area is 168 Å². The van der Waals surface area contributed by atoms with Crippen LogP contribution in [-0.2, 0) is 17.9 Å². The lowest BCUT2D eigenvalue weighted by Crippen LogP contribution is -2.20. The molecule has 0 unspecified atom stereocenters. The number of halogens is 1. The van der Waals surface area contributed by atoms with Crippen LogP contribution in [0.1, 0.15) is 11.1 Å². The number of aliphatic hydroxyl groups is 1. The first kappa shape index (κ1) is 21.9. The van der Waals surface area contributed by atoms with Gasteiger partial charge in [-0.3, -0.25) is 10.1 Å². The molecule has 8 nitrogen and oxygen atoms in total. The molecule has 0 fully saturated rings. The van der Waals surface area contributed by atoms with E-state index in [9.17, 15) is 10.1 Å². The fourth-order valence-electron chi connectivity index (χ4n) is 2.39. The second-order valence-corrected chi connectivity index (χ2v) is 6.23. The van der Waals surface area contributed by atoms with E-state index >= 15 is 0 Å². The minimum absolute atomic E-state index is 0.00433. The Morgan fingerprint density at radius 1 is 1.18 bits per heavy atom. The van der Waals surface area contributed by atoms with Gasteiger partial charge in [0, 0.05) is 36.3 Å². The van der Waals surface area contributed by atoms with Crippen molar-refractivity contribution in [2.75, 3.05) is 33.5 Å². The average molecular weight is 411 g/mol. The quantitative estimate of drug-likeness (QED) is 0.315. The van der Waals surface area contributed by atoms with Crippen LogP contribution >= 0.6 is 11.6 Å². The fraction of sp³-hybridized carbons (Fsp3) is 0.368. The summed E-state index contributed by atoms with van der Waals surface area (Å²) in [6.45, 7) is 2.19. The topological polar surface area (TPSA) is 103 Å². The predicted octanol–water partition coefficient (Wildman–Crippen LogP) is 2.93. The summed E-state index contributed by atoms with van der Waals surface area (Å²) in [4.78, 5) is 10.3. The molecule has 0 aliphatic carbocycles. The van der Waals surface area contributed by atoms with Crippen LogP contribution in [0.5, 0.6) is 11.5 Å². The molecule has 152 valence electrons. The van der Waals surface area contributed by atoms with Crippen LogP contribution < -0.4 is 14.8 Å². The van der Waals surface area contributed by atoms with Gasteiger partial charge < -0.3 is 24.6 Å². The molecule has 0 amide bonds. The Morgan fingerprint density at radius 3 is 2.57 bits per heavy atom. The Balaban J connectivity index is 1.95. The molecule has 2 aromatic carbocycles. The smallest absolute Gasteiger partial charge is 0.269 e. The molecule has 0 saturated heterocycles. The monoisotopic (exact) mass is 410 g/mol. The molecule has 9 heteroatoms. The van der Waals surface area contributed by atoms with Crippen LogP contribution in [0, 0.1) is 10.1 Å². The van der Waals surface area contributed by atoms with Crippen LogP contribution in [-0.4, -0.2) is 43.5 Å². The number of ether oxygens (including phenoxy) is 3. The molecule has 0 bridgehead atoms. The van der Waals surface area contributed by atoms with Gasteiger partial charge in [0.2, 0.25) is 0 Å². The lowest BCUT2D eigenvalue weighted by molar-refractivity contribution is -0.384. The number of nitrogens with one attached hydrogen (secondary N) is 1. The molecule has 0 heterocycles. The number of hydrogen-bond donors (Lipinski definition) is 2. The van der Waals surface area contributed by atoms with Gasteiger partial charge in [-0.25, -0.2) is 0 Å². The third-order valence-corrected chi connectivity index (χ3v) is 4.20. The summed E-state index contributed by atoms with van der Waals surface area (Å²) in [6.07, 6.45) is 0. The number of nitro benzene ring substituents is 1. The standard InChI is InChI=1S/C19H23ClN2O6/c1-26-18-10-15(12-21-6-8-27-9-7-23)17(20)11-19(18)28-13-14-2-4-16(5-3-14)22(24)25/h2-5,10-11,21,23H,6-9,12-13H2,1H3. The van der Waals surface area contributed by atoms with Crippen molar-refractivity contribution in [2.24, 2.45) is 0 Å². The number of non-ortho nitro benzene ring substituents is 1. The van der Waals surface area contributed by atoms with Crippen molar-refractivity contribution >= 4 is 17.3 Å². The molecule has 2 aromatic rings. The lowest BCUT2D eigenvalue weighted by atomic mass is 10.2. The normalized spacial score (nSPS) is 10.7. The van der Waals surface area contributed by atoms with Gasteiger partial charge in [0.05, 0.1) is 31.9 Å². The second kappa shape index (κ2) is 11.5. The van der Waals surface area contributed by atoms with Crippen LogP contribution in [0.25, 0.3) is 0 Å². The molecule has 0 spiro atoms. The molecule has 0 aromatic heterocycles. The number of benzene rings is 2. The summed E-state index contributed by atoms with van der Waals surface area (Å²) in [5.74, 6) is 1.03. The molecular formula is C19H23ClN2O6. The van der Waals surface area contributed by atoms with Crippen molar-refractivity contribution < 1.29 is 24.2 Å². The first-order valence-electron chi connectivity index (χ1n) is 8.67. The first-order chi connectivity index (χ1) is 13.5. The van der Waals surface area contributed by atoms with E-state index in [-0.39, 0.29) is 18.9 Å². The largest absolute Gasteiger partial charge is 0.493 e. The van der Waals surface area contributed by atoms with Crippen molar-refractivity contribution in [1.29, 1.82) is 0 Å². The maximum atomic E-state index is 10.7. The zero-order chi connectivity index (χ0) is 20.4. The van der Waals surface area contributed by atoms with E-state index in [1.807, 2.05) is 0 Å². The van der Waals surface area contributed by atoms with E-state index in [4.69, 9.17) is 30.9 Å². The summed E-state index contributed by atoms with van der Waals surface area (Å²) in [5, 5.41) is 23.1. The molecular weight excluding hydrogens is 388 g/mol. The van der Waals surface area contributed by atoms with Gasteiger partial charge in [-0.05, 0) is 29.3 Å². The van der Waals surface area contributed by atoms with Crippen molar-refractivity contribution in [3.05, 3.63) is 62.7 Å². The van der Waals surface area contributed by atoms with Gasteiger partial charge >= 0.3 is 0 Å². The van der Waals surface area contributed by atoms with E-state index in [2.05, 4.69) is 5.32 Å². The van der Waals surface area contributed by atoms with E-state index in [0.29, 0.717) is 42.8 Å². The predicted molar refractivity (Wildman–Crippen MR) is 105 cm³/mol. The van der Waals surface area contributed by atoms with Crippen LogP contribution in [0.15, 0.2) is 36.4 Å². The third kappa shape index (κ3) is 6.65. The molecule has 0 saturated carbocycles. The van der Waals surface area contributed by atoms with Gasteiger partial charge in [0.1, 0.15) is 6.61 Å². The fourth-order valence-corrected chi connectivity index (χ4v) is 2.61. The number of hydrogen-bond acceptors (Lipinski definition) is 7. The van der Waals surface area contributed by atoms with E-state index in [1.165, 1.54) is 12.1 Å². The van der Waals surface area contributed by atoms with Gasteiger partial charge in [-0.15, -0.1) is 0 Å². The van der Waals surface area contributed by atoms with E-state index < -0.39 is 4.92 Å². The lowest BCUT2D eigenvalue weighted by Gasteiger charge is -2.14. The van der Waals surface area contributed by atoms with Crippen molar-refractivity contribution in [1.82, 2.24) is 5.32 Å². The van der Waals surface area contributed by atoms with Crippen LogP contribution in [0.2, 0.25) is 5.02 Å². The molecule has 28 heavy (non-hydrogen) atoms. The Hall–Kier alpha value is -2.39. The summed E-state index contributed by atoms with van der Waals surface area (Å²) in [7, 11) is 1.54. The first-order valence-corrected chi connectivity index (χ1v) is 9.04. The molecule has 2 rings (SSSR count). The highest BCUT2D eigenvalue weighted by atomic mass is 35.5. The molecule has 0 atom stereocenters. The highest BCUT2D eigenvalue weighted by Crippen LogP contribution is 2.34. The highest BCUT2D eigenvalue weighted by Gasteiger charge is 2.11. The summed E-state index contributed by atoms with van der Waals surface area (Å²) in [6, 6.07) is 9.64. The number of rotatable bonds is 12. The van der Waals surface area contributed by atoms with Crippen LogP contribution in [0.4, 0.5) is 5.69 Å². The number of aliphatic hydroxyl groups excluding tert-OH is 1. The molecule has 0 aliphatic heterocycles. The zero-order valence-electron chi connectivity index (χ0n) is 15.5. The van der Waals surface area contributed by atoms with Gasteiger partial charge in [-0.2, -0.15) is 0 Å². The minimum Gasteiger partial charge on any atom is -0.493 e. The SMILES string of the molecule is COc1cc(CNCCOCCO)c(Cl)cc1OCc1ccc([N+](=O)[O-])cc1. The van der Waals surface area contributed by atoms with Gasteiger partial charge in [0.25, 0.3) is 5.69 Å². The van der Waals surface area contributed by atoms with Crippen molar-refractivity contribution in [2.45, 2.75) is 13.2 Å². The van der Waals surface area contributed by atoms with Crippen molar-refractivity contribution in [3.63, 3.8) is 0 Å². The Bertz CT molecular complexity index is 770. The number of nitrogens with zero attached hydrogens (tertiary/aromatic N) is 1. The van der Waals surface area contributed by atoms with Crippen LogP contribution in [0.3, 0.4) is 0 Å². The Morgan fingerprint density at radius 2 is 1.93 bits per heavy atom. The highest BCUT2D eigenvalue weighted by molar-refractivity contribution is 6.31. The molecule has 0 radical (unpaired) electrons. The zero-order valence-corrected chi connectivity index (χ0v) is 16.3. The van der Waals surface area contributed by atoms with Gasteiger partial charge in [-0.1, -0.05) is 11.6 Å². The summed E-state index contributed by atoms with van der Waals surface area (Å²) < 4.78 is 16.3. The number of methoxy groups -OCH3 is 1. The Kier molecular flexibility index (Phi) is 8.96. The van der Waals surface area contributed by atoms with Gasteiger partial charge in [0.15, 0.2) is 11.5 Å². The minimum atomic E-state index is -0.445. The third-order valence-electron chi connectivity index (χ3n) is 3.85. The average Bonchev–Trinajstić information content (AvgIpc) is 2.70. The second-order valence-electron chi connectivity index (χ2n) is 5.82. The van der Waals surface area contributed by atoms with E-state index in [0.717, 1.165) is 11.1 Å². The van der Waals surface area contributed by atoms with Crippen molar-refractivity contribution in [3.8, 4) is 11.5 Å². The number of nitro groups is 1.